The Bertz CT molecular complexity index is 1060. The van der Waals surface area contributed by atoms with Crippen LogP contribution in [0.25, 0.3) is 5.57 Å². The number of methoxy groups -OCH3 is 3. The van der Waals surface area contributed by atoms with Gasteiger partial charge in [0.2, 0.25) is 0 Å². The van der Waals surface area contributed by atoms with Gasteiger partial charge < -0.3 is 28.8 Å². The van der Waals surface area contributed by atoms with E-state index in [1.54, 1.807) is 43.5 Å². The molecule has 0 aromatic heterocycles. The number of esters is 2. The van der Waals surface area contributed by atoms with E-state index in [9.17, 15) is 9.59 Å². The molecule has 0 radical (unpaired) electrons. The summed E-state index contributed by atoms with van der Waals surface area (Å²) in [5.41, 5.74) is 2.92. The van der Waals surface area contributed by atoms with Gasteiger partial charge in [-0.25, -0.2) is 4.79 Å². The van der Waals surface area contributed by atoms with Crippen molar-refractivity contribution in [3.8, 4) is 11.5 Å². The minimum absolute atomic E-state index is 0.104. The lowest BCUT2D eigenvalue weighted by Crippen LogP contribution is -2.11. The van der Waals surface area contributed by atoms with Gasteiger partial charge in [-0.15, -0.1) is 0 Å². The van der Waals surface area contributed by atoms with E-state index in [-0.39, 0.29) is 26.2 Å². The predicted octanol–water partition coefficient (Wildman–Crippen LogP) is 4.13. The monoisotopic (exact) mass is 484 g/mol. The van der Waals surface area contributed by atoms with E-state index in [2.05, 4.69) is 6.58 Å². The number of rotatable bonds is 13. The third-order valence-electron chi connectivity index (χ3n) is 5.07. The van der Waals surface area contributed by atoms with Gasteiger partial charge in [-0.1, -0.05) is 30.9 Å². The summed E-state index contributed by atoms with van der Waals surface area (Å²) in [6, 6.07) is 12.1. The molecule has 0 amide bonds. The van der Waals surface area contributed by atoms with Gasteiger partial charge >= 0.3 is 11.9 Å². The van der Waals surface area contributed by atoms with Crippen LogP contribution in [0.2, 0.25) is 0 Å². The SMILES string of the molecule is C=C(COC)/C(=C/C[C@H](OC(C)=O)c1ccccc1OCCO)c1cc(C(=O)OC)ccc1OC. The van der Waals surface area contributed by atoms with E-state index in [1.807, 2.05) is 12.1 Å². The first kappa shape index (κ1) is 27.6. The molecular formula is C27H32O8. The largest absolute Gasteiger partial charge is 0.496 e. The first-order valence-corrected chi connectivity index (χ1v) is 11.0. The van der Waals surface area contributed by atoms with Crippen LogP contribution in [-0.4, -0.2) is 58.2 Å². The molecule has 188 valence electrons. The lowest BCUT2D eigenvalue weighted by Gasteiger charge is -2.21. The molecule has 2 aromatic carbocycles. The van der Waals surface area contributed by atoms with Crippen LogP contribution in [0.1, 0.15) is 40.9 Å². The molecule has 35 heavy (non-hydrogen) atoms. The third-order valence-corrected chi connectivity index (χ3v) is 5.07. The molecule has 0 aliphatic carbocycles. The van der Waals surface area contributed by atoms with Crippen molar-refractivity contribution in [3.63, 3.8) is 0 Å². The van der Waals surface area contributed by atoms with E-state index in [0.29, 0.717) is 39.3 Å². The Labute approximate surface area is 205 Å². The Hall–Kier alpha value is -3.62. The fraction of sp³-hybridized carbons (Fsp3) is 0.333. The minimum Gasteiger partial charge on any atom is -0.496 e. The number of aliphatic hydroxyl groups excluding tert-OH is 1. The van der Waals surface area contributed by atoms with Gasteiger partial charge in [-0.05, 0) is 35.4 Å². The van der Waals surface area contributed by atoms with E-state index in [0.717, 1.165) is 0 Å². The van der Waals surface area contributed by atoms with Gasteiger partial charge in [0, 0.05) is 31.6 Å². The van der Waals surface area contributed by atoms with Gasteiger partial charge in [0.1, 0.15) is 24.2 Å². The topological polar surface area (TPSA) is 101 Å². The van der Waals surface area contributed by atoms with Crippen molar-refractivity contribution in [2.45, 2.75) is 19.4 Å². The van der Waals surface area contributed by atoms with Crippen molar-refractivity contribution in [3.05, 3.63) is 77.4 Å². The summed E-state index contributed by atoms with van der Waals surface area (Å²) in [6.45, 7) is 5.65. The van der Waals surface area contributed by atoms with Crippen molar-refractivity contribution in [1.29, 1.82) is 0 Å². The van der Waals surface area contributed by atoms with Gasteiger partial charge in [-0.2, -0.15) is 0 Å². The Morgan fingerprint density at radius 2 is 1.83 bits per heavy atom. The maximum atomic E-state index is 12.2. The number of ether oxygens (including phenoxy) is 5. The summed E-state index contributed by atoms with van der Waals surface area (Å²) in [5.74, 6) is 0.0851. The number of carbonyl (C=O) groups is 2. The lowest BCUT2D eigenvalue weighted by molar-refractivity contribution is -0.146. The van der Waals surface area contributed by atoms with Crippen LogP contribution < -0.4 is 9.47 Å². The maximum Gasteiger partial charge on any atom is 0.337 e. The highest BCUT2D eigenvalue weighted by molar-refractivity contribution is 5.92. The summed E-state index contributed by atoms with van der Waals surface area (Å²) in [4.78, 5) is 24.1. The molecule has 1 atom stereocenters. The molecule has 1 N–H and O–H groups in total. The van der Waals surface area contributed by atoms with Crippen LogP contribution in [0, 0.1) is 0 Å². The number of hydrogen-bond acceptors (Lipinski definition) is 8. The zero-order chi connectivity index (χ0) is 25.8. The molecule has 0 aliphatic rings. The van der Waals surface area contributed by atoms with E-state index in [4.69, 9.17) is 28.8 Å². The highest BCUT2D eigenvalue weighted by Crippen LogP contribution is 2.36. The zero-order valence-electron chi connectivity index (χ0n) is 20.5. The van der Waals surface area contributed by atoms with E-state index < -0.39 is 18.0 Å². The molecule has 0 aliphatic heterocycles. The van der Waals surface area contributed by atoms with Gasteiger partial charge in [0.05, 0.1) is 33.0 Å². The molecule has 0 heterocycles. The Morgan fingerprint density at radius 1 is 1.09 bits per heavy atom. The van der Waals surface area contributed by atoms with Gasteiger partial charge in [0.15, 0.2) is 0 Å². The lowest BCUT2D eigenvalue weighted by atomic mass is 9.94. The number of aliphatic hydroxyl groups is 1. The predicted molar refractivity (Wildman–Crippen MR) is 131 cm³/mol. The molecule has 2 aromatic rings. The second kappa shape index (κ2) is 13.9. The molecule has 0 saturated carbocycles. The second-order valence-corrected chi connectivity index (χ2v) is 7.50. The normalized spacial score (nSPS) is 12.0. The molecular weight excluding hydrogens is 452 g/mol. The van der Waals surface area contributed by atoms with Crippen molar-refractivity contribution in [2.75, 3.05) is 41.2 Å². The number of benzene rings is 2. The maximum absolute atomic E-state index is 12.2. The van der Waals surface area contributed by atoms with Crippen LogP contribution in [0.5, 0.6) is 11.5 Å². The van der Waals surface area contributed by atoms with Crippen molar-refractivity contribution >= 4 is 17.5 Å². The Kier molecular flexibility index (Phi) is 11.0. The molecule has 0 spiro atoms. The van der Waals surface area contributed by atoms with Crippen LogP contribution in [0.4, 0.5) is 0 Å². The fourth-order valence-electron chi connectivity index (χ4n) is 3.56. The minimum atomic E-state index is -0.678. The van der Waals surface area contributed by atoms with Crippen LogP contribution in [-0.2, 0) is 19.0 Å². The number of hydrogen-bond donors (Lipinski definition) is 1. The third kappa shape index (κ3) is 7.70. The number of para-hydroxylation sites is 1. The average Bonchev–Trinajstić information content (AvgIpc) is 2.86. The van der Waals surface area contributed by atoms with Gasteiger partial charge in [-0.3, -0.25) is 4.79 Å². The number of carbonyl (C=O) groups excluding carboxylic acids is 2. The first-order chi connectivity index (χ1) is 16.9. The highest BCUT2D eigenvalue weighted by Gasteiger charge is 2.21. The van der Waals surface area contributed by atoms with Gasteiger partial charge in [0.25, 0.3) is 0 Å². The standard InChI is InChI=1S/C27H32O8/c1-18(17-31-3)21(23-16-20(27(30)33-5)10-12-24(23)32-4)11-13-26(35-19(2)29)22-8-6-7-9-25(22)34-15-14-28/h6-12,16,26,28H,1,13-15,17H2,2-5H3/b21-11-/t26-/m0/s1. The summed E-state index contributed by atoms with van der Waals surface area (Å²) in [7, 11) is 4.40. The van der Waals surface area contributed by atoms with Crippen LogP contribution in [0.15, 0.2) is 60.7 Å². The molecule has 0 unspecified atom stereocenters. The van der Waals surface area contributed by atoms with Crippen LogP contribution in [0.3, 0.4) is 0 Å². The molecule has 0 fully saturated rings. The molecule has 8 nitrogen and oxygen atoms in total. The average molecular weight is 485 g/mol. The highest BCUT2D eigenvalue weighted by atomic mass is 16.5. The van der Waals surface area contributed by atoms with Crippen molar-refractivity contribution < 1.29 is 38.4 Å². The van der Waals surface area contributed by atoms with E-state index >= 15 is 0 Å². The summed E-state index contributed by atoms with van der Waals surface area (Å²) in [6.07, 6.45) is 1.45. The van der Waals surface area contributed by atoms with Crippen molar-refractivity contribution in [2.24, 2.45) is 0 Å². The summed E-state index contributed by atoms with van der Waals surface area (Å²) in [5, 5.41) is 9.16. The zero-order valence-corrected chi connectivity index (χ0v) is 20.5. The Morgan fingerprint density at radius 3 is 2.46 bits per heavy atom. The molecule has 0 saturated heterocycles. The van der Waals surface area contributed by atoms with E-state index in [1.165, 1.54) is 21.1 Å². The summed E-state index contributed by atoms with van der Waals surface area (Å²) < 4.78 is 27.0. The Balaban J connectivity index is 2.57. The van der Waals surface area contributed by atoms with Crippen molar-refractivity contribution in [1.82, 2.24) is 0 Å². The molecule has 8 heteroatoms. The first-order valence-electron chi connectivity index (χ1n) is 11.0. The summed E-state index contributed by atoms with van der Waals surface area (Å²) >= 11 is 0. The smallest absolute Gasteiger partial charge is 0.337 e. The van der Waals surface area contributed by atoms with Crippen LogP contribution >= 0.6 is 0 Å². The quantitative estimate of drug-likeness (QED) is 0.335. The second-order valence-electron chi connectivity index (χ2n) is 7.50. The molecule has 0 bridgehead atoms. The fourth-order valence-corrected chi connectivity index (χ4v) is 3.56. The molecule has 2 rings (SSSR count).